The van der Waals surface area contributed by atoms with E-state index in [1.165, 1.54) is 14.2 Å². The molecule has 2 aliphatic carbocycles. The van der Waals surface area contributed by atoms with E-state index in [9.17, 15) is 8.42 Å². The van der Waals surface area contributed by atoms with Crippen LogP contribution >= 0.6 is 23.2 Å². The maximum absolute atomic E-state index is 15.4. The molecule has 252 valence electrons. The molecule has 0 amide bonds. The topological polar surface area (TPSA) is 52.6 Å². The lowest BCUT2D eigenvalue weighted by atomic mass is 9.94. The fourth-order valence-corrected chi connectivity index (χ4v) is 7.98. The smallest absolute Gasteiger partial charge is 0.159 e. The molecule has 0 aromatic heterocycles. The summed E-state index contributed by atoms with van der Waals surface area (Å²) in [5.74, 6) is -5.71. The van der Waals surface area contributed by atoms with E-state index in [1.54, 1.807) is 48.6 Å². The SMILES string of the molecule is COc1cc(C2=CCC=C2c2cc(F)c(CS(=O)(=O)Cc3c(F)cc(C4=CCC=C4c4ccc(Cl)c(OC)c4)cc3F)c(F)c2)ccc1Cl. The molecule has 0 heterocycles. The van der Waals surface area contributed by atoms with E-state index >= 15 is 17.6 Å². The third-order valence-corrected chi connectivity index (χ3v) is 10.5. The van der Waals surface area contributed by atoms with Crippen LogP contribution in [-0.4, -0.2) is 22.6 Å². The standard InChI is InChI=1S/C38H28Cl2F4O4S/c1-47-37-17-21(9-11-31(37)39)25-5-3-7-27(25)23-13-33(41)29(34(42)14-23)19-49(45,46)20-30-35(43)15-24(16-36(30)44)28-8-4-6-26(28)22-10-12-32(40)38(18-22)48-2/h5-18H,3-4,19-20H2,1-2H3. The summed E-state index contributed by atoms with van der Waals surface area (Å²) in [6.45, 7) is 0. The predicted molar refractivity (Wildman–Crippen MR) is 186 cm³/mol. The van der Waals surface area contributed by atoms with Crippen molar-refractivity contribution in [2.24, 2.45) is 0 Å². The lowest BCUT2D eigenvalue weighted by molar-refractivity contribution is 0.415. The van der Waals surface area contributed by atoms with Gasteiger partial charge in [-0.3, -0.25) is 0 Å². The van der Waals surface area contributed by atoms with Crippen molar-refractivity contribution in [3.8, 4) is 11.5 Å². The quantitative estimate of drug-likeness (QED) is 0.153. The van der Waals surface area contributed by atoms with Crippen LogP contribution in [0, 0.1) is 23.3 Å². The van der Waals surface area contributed by atoms with Gasteiger partial charge in [-0.15, -0.1) is 0 Å². The maximum Gasteiger partial charge on any atom is 0.159 e. The summed E-state index contributed by atoms with van der Waals surface area (Å²) in [7, 11) is -1.49. The van der Waals surface area contributed by atoms with Gasteiger partial charge in [0.05, 0.1) is 35.8 Å². The minimum atomic E-state index is -4.44. The average Bonchev–Trinajstić information content (AvgIpc) is 3.76. The summed E-state index contributed by atoms with van der Waals surface area (Å²) in [6, 6.07) is 14.5. The Bertz CT molecular complexity index is 2040. The largest absolute Gasteiger partial charge is 0.495 e. The van der Waals surface area contributed by atoms with Crippen LogP contribution in [-0.2, 0) is 21.3 Å². The van der Waals surface area contributed by atoms with Crippen LogP contribution in [0.1, 0.15) is 46.2 Å². The molecule has 0 saturated heterocycles. The van der Waals surface area contributed by atoms with Gasteiger partial charge in [-0.1, -0.05) is 59.6 Å². The molecular formula is C38H28Cl2F4O4S. The number of rotatable bonds is 10. The fraction of sp³-hybridized carbons (Fsp3) is 0.158. The number of hydrogen-bond donors (Lipinski definition) is 0. The first kappa shape index (κ1) is 34.5. The highest BCUT2D eigenvalue weighted by atomic mass is 35.5. The van der Waals surface area contributed by atoms with Gasteiger partial charge in [0.1, 0.15) is 34.8 Å². The molecule has 0 N–H and O–H groups in total. The van der Waals surface area contributed by atoms with Crippen molar-refractivity contribution in [3.63, 3.8) is 0 Å². The van der Waals surface area contributed by atoms with Crippen molar-refractivity contribution < 1.29 is 35.5 Å². The van der Waals surface area contributed by atoms with Gasteiger partial charge in [-0.25, -0.2) is 26.0 Å². The van der Waals surface area contributed by atoms with E-state index in [1.807, 2.05) is 12.2 Å². The van der Waals surface area contributed by atoms with Gasteiger partial charge in [0.25, 0.3) is 0 Å². The molecular weight excluding hydrogens is 699 g/mol. The van der Waals surface area contributed by atoms with Crippen LogP contribution in [0.2, 0.25) is 10.0 Å². The van der Waals surface area contributed by atoms with E-state index in [0.717, 1.165) is 24.3 Å². The van der Waals surface area contributed by atoms with Crippen molar-refractivity contribution in [3.05, 3.63) is 152 Å². The highest BCUT2D eigenvalue weighted by molar-refractivity contribution is 7.89. The zero-order valence-electron chi connectivity index (χ0n) is 26.2. The van der Waals surface area contributed by atoms with Gasteiger partial charge in [0, 0.05) is 11.1 Å². The third kappa shape index (κ3) is 7.06. The Kier molecular flexibility index (Phi) is 9.80. The van der Waals surface area contributed by atoms with Gasteiger partial charge in [-0.05, 0) is 106 Å². The molecule has 4 aromatic rings. The Balaban J connectivity index is 1.22. The predicted octanol–water partition coefficient (Wildman–Crippen LogP) is 10.4. The highest BCUT2D eigenvalue weighted by Gasteiger charge is 2.26. The van der Waals surface area contributed by atoms with E-state index in [-0.39, 0.29) is 11.1 Å². The van der Waals surface area contributed by atoms with E-state index in [2.05, 4.69) is 0 Å². The second-order valence-corrected chi connectivity index (χ2v) is 14.4. The zero-order chi connectivity index (χ0) is 35.0. The Morgan fingerprint density at radius 3 is 1.20 bits per heavy atom. The summed E-state index contributed by atoms with van der Waals surface area (Å²) in [5.41, 5.74) is 2.90. The second-order valence-electron chi connectivity index (χ2n) is 11.5. The highest BCUT2D eigenvalue weighted by Crippen LogP contribution is 2.41. The van der Waals surface area contributed by atoms with Crippen LogP contribution < -0.4 is 9.47 Å². The summed E-state index contributed by atoms with van der Waals surface area (Å²) < 4.78 is 98.5. The van der Waals surface area contributed by atoms with Gasteiger partial charge in [0.15, 0.2) is 9.84 Å². The van der Waals surface area contributed by atoms with Gasteiger partial charge < -0.3 is 9.47 Å². The molecule has 0 spiro atoms. The van der Waals surface area contributed by atoms with Crippen molar-refractivity contribution in [1.82, 2.24) is 0 Å². The number of benzene rings is 4. The summed E-state index contributed by atoms with van der Waals surface area (Å²) in [6.07, 6.45) is 8.38. The number of ether oxygens (including phenoxy) is 2. The minimum Gasteiger partial charge on any atom is -0.495 e. The number of methoxy groups -OCH3 is 2. The molecule has 11 heteroatoms. The van der Waals surface area contributed by atoms with Crippen LogP contribution in [0.15, 0.2) is 85.0 Å². The second kappa shape index (κ2) is 13.9. The average molecular weight is 728 g/mol. The number of hydrogen-bond acceptors (Lipinski definition) is 4. The molecule has 6 rings (SSSR count). The molecule has 0 fully saturated rings. The van der Waals surface area contributed by atoms with Crippen LogP contribution in [0.25, 0.3) is 22.3 Å². The molecule has 2 aliphatic rings. The summed E-state index contributed by atoms with van der Waals surface area (Å²) in [4.78, 5) is 0. The number of halogens is 6. The van der Waals surface area contributed by atoms with Crippen LogP contribution in [0.3, 0.4) is 0 Å². The molecule has 4 nitrogen and oxygen atoms in total. The summed E-state index contributed by atoms with van der Waals surface area (Å²) in [5, 5.41) is 0.809. The first-order valence-electron chi connectivity index (χ1n) is 15.0. The van der Waals surface area contributed by atoms with Crippen LogP contribution in [0.5, 0.6) is 11.5 Å². The molecule has 0 saturated carbocycles. The first-order valence-corrected chi connectivity index (χ1v) is 17.6. The number of sulfone groups is 1. The normalized spacial score (nSPS) is 14.4. The van der Waals surface area contributed by atoms with Gasteiger partial charge in [0.2, 0.25) is 0 Å². The molecule has 4 aromatic carbocycles. The van der Waals surface area contributed by atoms with Crippen molar-refractivity contribution >= 4 is 55.3 Å². The van der Waals surface area contributed by atoms with Crippen molar-refractivity contribution in [1.29, 1.82) is 0 Å². The Morgan fingerprint density at radius 2 is 0.878 bits per heavy atom. The Morgan fingerprint density at radius 1 is 0.551 bits per heavy atom. The fourth-order valence-electron chi connectivity index (χ4n) is 6.06. The molecule has 0 bridgehead atoms. The lowest BCUT2D eigenvalue weighted by Crippen LogP contribution is -2.13. The van der Waals surface area contributed by atoms with Gasteiger partial charge >= 0.3 is 0 Å². The molecule has 0 atom stereocenters. The minimum absolute atomic E-state index is 0.202. The number of allylic oxidation sites excluding steroid dienone is 8. The molecule has 49 heavy (non-hydrogen) atoms. The monoisotopic (exact) mass is 726 g/mol. The van der Waals surface area contributed by atoms with Crippen molar-refractivity contribution in [2.45, 2.75) is 24.3 Å². The van der Waals surface area contributed by atoms with E-state index in [0.29, 0.717) is 67.8 Å². The molecule has 0 radical (unpaired) electrons. The Labute approximate surface area is 291 Å². The zero-order valence-corrected chi connectivity index (χ0v) is 28.5. The molecule has 0 unspecified atom stereocenters. The lowest BCUT2D eigenvalue weighted by Gasteiger charge is -2.15. The van der Waals surface area contributed by atoms with E-state index < -0.39 is 55.7 Å². The van der Waals surface area contributed by atoms with Crippen molar-refractivity contribution in [2.75, 3.05) is 14.2 Å². The third-order valence-electron chi connectivity index (χ3n) is 8.43. The maximum atomic E-state index is 15.4. The van der Waals surface area contributed by atoms with Crippen LogP contribution in [0.4, 0.5) is 17.6 Å². The first-order chi connectivity index (χ1) is 23.4. The van der Waals surface area contributed by atoms with Gasteiger partial charge in [-0.2, -0.15) is 0 Å². The summed E-state index contributed by atoms with van der Waals surface area (Å²) >= 11 is 12.3. The Hall–Kier alpha value is -4.31. The van der Waals surface area contributed by atoms with E-state index in [4.69, 9.17) is 32.7 Å². The molecule has 0 aliphatic heterocycles.